The smallest absolute Gasteiger partial charge is 0.313 e. The maximum Gasteiger partial charge on any atom is 0.313 e. The third-order valence-electron chi connectivity index (χ3n) is 2.35. The molecule has 0 aliphatic carbocycles. The van der Waals surface area contributed by atoms with E-state index in [0.29, 0.717) is 10.6 Å². The fraction of sp³-hybridized carbons (Fsp3) is 0.0769. The summed E-state index contributed by atoms with van der Waals surface area (Å²) >= 11 is 11.5. The van der Waals surface area contributed by atoms with Gasteiger partial charge in [0.2, 0.25) is 0 Å². The molecule has 0 atom stereocenters. The van der Waals surface area contributed by atoms with Crippen LogP contribution in [0.4, 0.5) is 4.39 Å². The lowest BCUT2D eigenvalue weighted by atomic mass is 10.2. The summed E-state index contributed by atoms with van der Waals surface area (Å²) in [6.45, 7) is 0. The average molecular weight is 335 g/mol. The first-order valence-corrected chi connectivity index (χ1v) is 7.81. The highest BCUT2D eigenvalue weighted by Gasteiger charge is 2.15. The van der Waals surface area contributed by atoms with Gasteiger partial charge in [-0.3, -0.25) is 0 Å². The van der Waals surface area contributed by atoms with E-state index in [0.717, 1.165) is 6.07 Å². The first-order valence-electron chi connectivity index (χ1n) is 5.47. The van der Waals surface area contributed by atoms with Gasteiger partial charge in [-0.1, -0.05) is 35.3 Å². The Hall–Kier alpha value is -1.30. The maximum atomic E-state index is 13.0. The summed E-state index contributed by atoms with van der Waals surface area (Å²) in [5.74, 6) is -0.895. The van der Waals surface area contributed by atoms with E-state index in [1.165, 1.54) is 36.4 Å². The molecular formula is C13H9Cl2FO3S. The first-order chi connectivity index (χ1) is 9.35. The van der Waals surface area contributed by atoms with Crippen LogP contribution in [0.2, 0.25) is 10.0 Å². The predicted molar refractivity (Wildman–Crippen MR) is 76.1 cm³/mol. The van der Waals surface area contributed by atoms with Crippen molar-refractivity contribution in [2.24, 2.45) is 0 Å². The van der Waals surface area contributed by atoms with Gasteiger partial charge in [0.05, 0.1) is 10.0 Å². The van der Waals surface area contributed by atoms with Crippen molar-refractivity contribution in [3.05, 3.63) is 63.9 Å². The van der Waals surface area contributed by atoms with Gasteiger partial charge in [0.15, 0.2) is 0 Å². The van der Waals surface area contributed by atoms with Gasteiger partial charge in [0.25, 0.3) is 0 Å². The molecule has 0 aliphatic rings. The molecule has 0 N–H and O–H groups in total. The summed E-state index contributed by atoms with van der Waals surface area (Å²) < 4.78 is 41.6. The minimum atomic E-state index is -3.90. The average Bonchev–Trinajstić information content (AvgIpc) is 2.33. The summed E-state index contributed by atoms with van der Waals surface area (Å²) in [6.07, 6.45) is 0. The van der Waals surface area contributed by atoms with Gasteiger partial charge in [0, 0.05) is 6.07 Å². The van der Waals surface area contributed by atoms with Crippen molar-refractivity contribution >= 4 is 33.3 Å². The fourth-order valence-corrected chi connectivity index (χ4v) is 2.87. The predicted octanol–water partition coefficient (Wildman–Crippen LogP) is 4.04. The summed E-state index contributed by atoms with van der Waals surface area (Å²) in [5.41, 5.74) is 0.296. The number of hydrogen-bond donors (Lipinski definition) is 0. The second-order valence-corrected chi connectivity index (χ2v) is 6.38. The van der Waals surface area contributed by atoms with Crippen molar-refractivity contribution in [3.63, 3.8) is 0 Å². The number of benzene rings is 2. The van der Waals surface area contributed by atoms with E-state index in [2.05, 4.69) is 0 Å². The van der Waals surface area contributed by atoms with Crippen LogP contribution >= 0.6 is 23.2 Å². The van der Waals surface area contributed by atoms with Gasteiger partial charge < -0.3 is 4.18 Å². The van der Waals surface area contributed by atoms with Gasteiger partial charge in [-0.15, -0.1) is 0 Å². The van der Waals surface area contributed by atoms with E-state index in [4.69, 9.17) is 27.4 Å². The monoisotopic (exact) mass is 334 g/mol. The van der Waals surface area contributed by atoms with E-state index < -0.39 is 21.7 Å². The summed E-state index contributed by atoms with van der Waals surface area (Å²) in [5, 5.41) is 0.478. The molecule has 2 rings (SSSR count). The number of halogens is 3. The van der Waals surface area contributed by atoms with E-state index in [1.54, 1.807) is 0 Å². The van der Waals surface area contributed by atoms with Gasteiger partial charge in [-0.05, 0) is 29.8 Å². The van der Waals surface area contributed by atoms with Crippen LogP contribution < -0.4 is 4.18 Å². The molecule has 0 bridgehead atoms. The van der Waals surface area contributed by atoms with Crippen LogP contribution in [0.1, 0.15) is 5.56 Å². The highest BCUT2D eigenvalue weighted by atomic mass is 35.5. The molecule has 0 aliphatic heterocycles. The van der Waals surface area contributed by atoms with Gasteiger partial charge >= 0.3 is 10.1 Å². The quantitative estimate of drug-likeness (QED) is 0.792. The summed E-state index contributed by atoms with van der Waals surface area (Å²) in [6, 6.07) is 9.41. The Morgan fingerprint density at radius 3 is 2.45 bits per heavy atom. The Balaban J connectivity index is 2.17. The van der Waals surface area contributed by atoms with Crippen molar-refractivity contribution in [1.29, 1.82) is 0 Å². The molecule has 20 heavy (non-hydrogen) atoms. The second kappa shape index (κ2) is 5.99. The third-order valence-corrected chi connectivity index (χ3v) is 4.22. The van der Waals surface area contributed by atoms with E-state index >= 15 is 0 Å². The zero-order valence-corrected chi connectivity index (χ0v) is 12.3. The molecule has 0 fully saturated rings. The lowest BCUT2D eigenvalue weighted by molar-refractivity contribution is 0.485. The maximum absolute atomic E-state index is 13.0. The van der Waals surface area contributed by atoms with Crippen molar-refractivity contribution in [2.75, 3.05) is 0 Å². The first kappa shape index (κ1) is 15.1. The zero-order chi connectivity index (χ0) is 14.8. The van der Waals surface area contributed by atoms with Crippen molar-refractivity contribution in [2.45, 2.75) is 5.75 Å². The summed E-state index contributed by atoms with van der Waals surface area (Å²) in [4.78, 5) is 0. The Kier molecular flexibility index (Phi) is 4.52. The topological polar surface area (TPSA) is 43.4 Å². The third kappa shape index (κ3) is 4.10. The SMILES string of the molecule is O=S(=O)(Cc1cccc(F)c1)Oc1ccc(Cl)c(Cl)c1. The Morgan fingerprint density at radius 1 is 1.05 bits per heavy atom. The van der Waals surface area contributed by atoms with Crippen LogP contribution in [0.15, 0.2) is 42.5 Å². The molecule has 2 aromatic rings. The van der Waals surface area contributed by atoms with E-state index in [9.17, 15) is 12.8 Å². The summed E-state index contributed by atoms with van der Waals surface area (Å²) in [7, 11) is -3.90. The highest BCUT2D eigenvalue weighted by Crippen LogP contribution is 2.27. The zero-order valence-electron chi connectivity index (χ0n) is 10.0. The molecule has 0 saturated carbocycles. The second-order valence-electron chi connectivity index (χ2n) is 3.99. The molecule has 7 heteroatoms. The van der Waals surface area contributed by atoms with Crippen LogP contribution in [0.3, 0.4) is 0 Å². The van der Waals surface area contributed by atoms with Crippen LogP contribution in [0, 0.1) is 5.82 Å². The Morgan fingerprint density at radius 2 is 1.80 bits per heavy atom. The van der Waals surface area contributed by atoms with Gasteiger partial charge in [0.1, 0.15) is 17.3 Å². The molecule has 0 saturated heterocycles. The van der Waals surface area contributed by atoms with Gasteiger partial charge in [-0.25, -0.2) is 4.39 Å². The van der Waals surface area contributed by atoms with E-state index in [-0.39, 0.29) is 10.8 Å². The molecule has 2 aromatic carbocycles. The molecule has 106 valence electrons. The standard InChI is InChI=1S/C13H9Cl2FO3S/c14-12-5-4-11(7-13(12)15)19-20(17,18)8-9-2-1-3-10(16)6-9/h1-7H,8H2. The van der Waals surface area contributed by atoms with Gasteiger partial charge in [-0.2, -0.15) is 8.42 Å². The molecule has 3 nitrogen and oxygen atoms in total. The number of hydrogen-bond acceptors (Lipinski definition) is 3. The van der Waals surface area contributed by atoms with Crippen LogP contribution in [-0.4, -0.2) is 8.42 Å². The lowest BCUT2D eigenvalue weighted by Crippen LogP contribution is -2.12. The molecular weight excluding hydrogens is 326 g/mol. The van der Waals surface area contributed by atoms with E-state index in [1.807, 2.05) is 0 Å². The van der Waals surface area contributed by atoms with Crippen molar-refractivity contribution < 1.29 is 17.0 Å². The molecule has 0 unspecified atom stereocenters. The molecule has 0 heterocycles. The molecule has 0 spiro atoms. The van der Waals surface area contributed by atoms with Crippen molar-refractivity contribution in [1.82, 2.24) is 0 Å². The fourth-order valence-electron chi connectivity index (χ4n) is 1.54. The molecule has 0 radical (unpaired) electrons. The van der Waals surface area contributed by atoms with Crippen LogP contribution in [0.25, 0.3) is 0 Å². The van der Waals surface area contributed by atoms with Crippen LogP contribution in [0.5, 0.6) is 5.75 Å². The Bertz CT molecular complexity index is 732. The van der Waals surface area contributed by atoms with Crippen molar-refractivity contribution in [3.8, 4) is 5.75 Å². The highest BCUT2D eigenvalue weighted by molar-refractivity contribution is 7.86. The normalized spacial score (nSPS) is 11.3. The minimum Gasteiger partial charge on any atom is -0.382 e. The molecule has 0 amide bonds. The minimum absolute atomic E-state index is 0.0517. The number of rotatable bonds is 4. The lowest BCUT2D eigenvalue weighted by Gasteiger charge is -2.08. The largest absolute Gasteiger partial charge is 0.382 e. The molecule has 0 aromatic heterocycles. The Labute approximate surface area is 126 Å². The van der Waals surface area contributed by atoms with Crippen LogP contribution in [-0.2, 0) is 15.9 Å².